The van der Waals surface area contributed by atoms with Crippen LogP contribution in [0.4, 0.5) is 4.79 Å². The Hall–Kier alpha value is -1.59. The summed E-state index contributed by atoms with van der Waals surface area (Å²) in [4.78, 5) is 16.4. The second-order valence-electron chi connectivity index (χ2n) is 6.07. The molecule has 0 aliphatic carbocycles. The van der Waals surface area contributed by atoms with E-state index in [1.54, 1.807) is 7.11 Å². The molecular weight excluding hydrogens is 280 g/mol. The van der Waals surface area contributed by atoms with Crippen LogP contribution in [0.25, 0.3) is 0 Å². The van der Waals surface area contributed by atoms with Crippen molar-refractivity contribution >= 4 is 6.09 Å². The maximum absolute atomic E-state index is 12.1. The molecular formula is C17H24N2O3. The van der Waals surface area contributed by atoms with E-state index in [1.807, 2.05) is 35.2 Å². The van der Waals surface area contributed by atoms with Crippen LogP contribution in [-0.2, 0) is 16.1 Å². The van der Waals surface area contributed by atoms with Gasteiger partial charge in [-0.15, -0.1) is 0 Å². The number of rotatable bonds is 4. The maximum atomic E-state index is 12.1. The molecule has 0 aromatic heterocycles. The van der Waals surface area contributed by atoms with Crippen LogP contribution in [0.3, 0.4) is 0 Å². The average Bonchev–Trinajstić information content (AvgIpc) is 2.53. The normalized spacial score (nSPS) is 20.7. The number of methoxy groups -OCH3 is 1. The minimum Gasteiger partial charge on any atom is -0.445 e. The van der Waals surface area contributed by atoms with Gasteiger partial charge in [0.05, 0.1) is 6.10 Å². The number of hydrogen-bond acceptors (Lipinski definition) is 4. The summed E-state index contributed by atoms with van der Waals surface area (Å²) in [6, 6.07) is 10.4. The van der Waals surface area contributed by atoms with Gasteiger partial charge < -0.3 is 14.4 Å². The molecule has 5 heteroatoms. The third kappa shape index (κ3) is 3.59. The minimum absolute atomic E-state index is 0.194. The Kier molecular flexibility index (Phi) is 4.95. The van der Waals surface area contributed by atoms with Gasteiger partial charge in [0, 0.05) is 39.3 Å². The van der Waals surface area contributed by atoms with E-state index >= 15 is 0 Å². The highest BCUT2D eigenvalue weighted by molar-refractivity contribution is 5.67. The predicted molar refractivity (Wildman–Crippen MR) is 83.6 cm³/mol. The van der Waals surface area contributed by atoms with Crippen LogP contribution in [0.5, 0.6) is 0 Å². The lowest BCUT2D eigenvalue weighted by Gasteiger charge is -2.46. The topological polar surface area (TPSA) is 42.0 Å². The summed E-state index contributed by atoms with van der Waals surface area (Å²) < 4.78 is 10.7. The predicted octanol–water partition coefficient (Wildman–Crippen LogP) is 2.12. The summed E-state index contributed by atoms with van der Waals surface area (Å²) in [6.07, 6.45) is 2.25. The van der Waals surface area contributed by atoms with E-state index in [9.17, 15) is 4.79 Å². The van der Waals surface area contributed by atoms with Crippen molar-refractivity contribution in [1.82, 2.24) is 9.80 Å². The number of nitrogens with zero attached hydrogens (tertiary/aromatic N) is 2. The molecule has 22 heavy (non-hydrogen) atoms. The fourth-order valence-electron chi connectivity index (χ4n) is 3.14. The van der Waals surface area contributed by atoms with Gasteiger partial charge in [0.15, 0.2) is 0 Å². The molecule has 1 amide bonds. The zero-order valence-electron chi connectivity index (χ0n) is 13.1. The molecule has 2 fully saturated rings. The van der Waals surface area contributed by atoms with Gasteiger partial charge in [-0.05, 0) is 18.4 Å². The molecule has 2 heterocycles. The monoisotopic (exact) mass is 304 g/mol. The molecule has 2 aliphatic heterocycles. The summed E-state index contributed by atoms with van der Waals surface area (Å²) in [6.45, 7) is 3.97. The first-order valence-electron chi connectivity index (χ1n) is 7.98. The minimum atomic E-state index is -0.194. The molecule has 1 aromatic carbocycles. The van der Waals surface area contributed by atoms with Gasteiger partial charge in [0.25, 0.3) is 0 Å². The quantitative estimate of drug-likeness (QED) is 0.854. The Balaban J connectivity index is 1.39. The molecule has 0 atom stereocenters. The van der Waals surface area contributed by atoms with E-state index in [-0.39, 0.29) is 6.09 Å². The fourth-order valence-corrected chi connectivity index (χ4v) is 3.14. The summed E-state index contributed by atoms with van der Waals surface area (Å²) in [5.41, 5.74) is 1.02. The highest BCUT2D eigenvalue weighted by Gasteiger charge is 2.35. The second-order valence-corrected chi connectivity index (χ2v) is 6.07. The lowest BCUT2D eigenvalue weighted by molar-refractivity contribution is -0.0611. The van der Waals surface area contributed by atoms with Crippen LogP contribution in [0.2, 0.25) is 0 Å². The van der Waals surface area contributed by atoms with Crippen molar-refractivity contribution in [2.24, 2.45) is 0 Å². The molecule has 0 radical (unpaired) electrons. The molecule has 2 saturated heterocycles. The molecule has 0 saturated carbocycles. The molecule has 0 spiro atoms. The van der Waals surface area contributed by atoms with Crippen molar-refractivity contribution in [3.05, 3.63) is 35.9 Å². The van der Waals surface area contributed by atoms with E-state index in [1.165, 1.54) is 0 Å². The summed E-state index contributed by atoms with van der Waals surface area (Å²) in [5.74, 6) is 0. The number of likely N-dealkylation sites (tertiary alicyclic amines) is 2. The molecule has 5 nitrogen and oxygen atoms in total. The first kappa shape index (κ1) is 15.3. The second kappa shape index (κ2) is 7.11. The number of piperidine rings is 1. The number of benzene rings is 1. The third-order valence-corrected chi connectivity index (χ3v) is 4.65. The first-order valence-corrected chi connectivity index (χ1v) is 7.98. The molecule has 0 bridgehead atoms. The zero-order chi connectivity index (χ0) is 15.4. The Morgan fingerprint density at radius 3 is 2.50 bits per heavy atom. The number of ether oxygens (including phenoxy) is 2. The maximum Gasteiger partial charge on any atom is 0.410 e. The van der Waals surface area contributed by atoms with Gasteiger partial charge in [-0.2, -0.15) is 0 Å². The Morgan fingerprint density at radius 2 is 1.86 bits per heavy atom. The van der Waals surface area contributed by atoms with Crippen molar-refractivity contribution in [2.45, 2.75) is 31.6 Å². The molecule has 120 valence electrons. The SMILES string of the molecule is COC1CN(C2CCN(C(=O)OCc3ccccc3)CC2)C1. The van der Waals surface area contributed by atoms with Gasteiger partial charge in [0.1, 0.15) is 6.61 Å². The Labute approximate surface area is 131 Å². The number of carbonyl (C=O) groups is 1. The highest BCUT2D eigenvalue weighted by Crippen LogP contribution is 2.23. The molecule has 0 N–H and O–H groups in total. The lowest BCUT2D eigenvalue weighted by Crippen LogP contribution is -2.58. The number of hydrogen-bond donors (Lipinski definition) is 0. The summed E-state index contributed by atoms with van der Waals surface area (Å²) >= 11 is 0. The van der Waals surface area contributed by atoms with Crippen molar-refractivity contribution in [3.8, 4) is 0 Å². The summed E-state index contributed by atoms with van der Waals surface area (Å²) in [5, 5.41) is 0. The van der Waals surface area contributed by atoms with Crippen LogP contribution in [-0.4, -0.2) is 61.3 Å². The highest BCUT2D eigenvalue weighted by atomic mass is 16.6. The molecule has 3 rings (SSSR count). The van der Waals surface area contributed by atoms with Gasteiger partial charge in [-0.3, -0.25) is 4.90 Å². The van der Waals surface area contributed by atoms with Crippen molar-refractivity contribution in [2.75, 3.05) is 33.3 Å². The molecule has 1 aromatic rings. The van der Waals surface area contributed by atoms with Crippen LogP contribution in [0, 0.1) is 0 Å². The zero-order valence-corrected chi connectivity index (χ0v) is 13.1. The van der Waals surface area contributed by atoms with Crippen LogP contribution in [0.15, 0.2) is 30.3 Å². The fraction of sp³-hybridized carbons (Fsp3) is 0.588. The Bertz CT molecular complexity index is 480. The number of carbonyl (C=O) groups excluding carboxylic acids is 1. The van der Waals surface area contributed by atoms with Crippen LogP contribution in [0.1, 0.15) is 18.4 Å². The smallest absolute Gasteiger partial charge is 0.410 e. The number of amides is 1. The molecule has 0 unspecified atom stereocenters. The van der Waals surface area contributed by atoms with Crippen molar-refractivity contribution < 1.29 is 14.3 Å². The van der Waals surface area contributed by atoms with Crippen molar-refractivity contribution in [3.63, 3.8) is 0 Å². The van der Waals surface area contributed by atoms with Crippen LogP contribution < -0.4 is 0 Å². The standard InChI is InChI=1S/C17H24N2O3/c1-21-16-11-19(12-16)15-7-9-18(10-8-15)17(20)22-13-14-5-3-2-4-6-14/h2-6,15-16H,7-13H2,1H3. The van der Waals surface area contributed by atoms with Gasteiger partial charge in [-0.1, -0.05) is 30.3 Å². The Morgan fingerprint density at radius 1 is 1.18 bits per heavy atom. The lowest BCUT2D eigenvalue weighted by atomic mass is 9.99. The average molecular weight is 304 g/mol. The molecule has 2 aliphatic rings. The largest absolute Gasteiger partial charge is 0.445 e. The third-order valence-electron chi connectivity index (χ3n) is 4.65. The van der Waals surface area contributed by atoms with E-state index in [0.29, 0.717) is 18.8 Å². The first-order chi connectivity index (χ1) is 10.8. The van der Waals surface area contributed by atoms with Gasteiger partial charge in [0.2, 0.25) is 0 Å². The van der Waals surface area contributed by atoms with E-state index in [2.05, 4.69) is 4.90 Å². The van der Waals surface area contributed by atoms with E-state index < -0.39 is 0 Å². The van der Waals surface area contributed by atoms with Crippen LogP contribution >= 0.6 is 0 Å². The van der Waals surface area contributed by atoms with Gasteiger partial charge in [-0.25, -0.2) is 4.79 Å². The van der Waals surface area contributed by atoms with E-state index in [0.717, 1.165) is 44.6 Å². The van der Waals surface area contributed by atoms with E-state index in [4.69, 9.17) is 9.47 Å². The summed E-state index contributed by atoms with van der Waals surface area (Å²) in [7, 11) is 1.77. The van der Waals surface area contributed by atoms with Gasteiger partial charge >= 0.3 is 6.09 Å². The van der Waals surface area contributed by atoms with Crippen molar-refractivity contribution in [1.29, 1.82) is 0 Å².